The minimum Gasteiger partial charge on any atom is -0.480 e. The number of carbonyl (C=O) groups is 1. The van der Waals surface area contributed by atoms with Gasteiger partial charge >= 0.3 is 5.97 Å². The molecule has 0 amide bonds. The minimum atomic E-state index is -0.852. The summed E-state index contributed by atoms with van der Waals surface area (Å²) >= 11 is 11.9. The fraction of sp³-hybridized carbons (Fsp3) is 0.381. The van der Waals surface area contributed by atoms with E-state index in [-0.39, 0.29) is 19.3 Å². The molecule has 3 heterocycles. The highest BCUT2D eigenvalue weighted by Gasteiger charge is 2.70. The number of rotatable bonds is 5. The van der Waals surface area contributed by atoms with Crippen LogP contribution in [0.15, 0.2) is 48.5 Å². The van der Waals surface area contributed by atoms with Crippen molar-refractivity contribution in [3.8, 4) is 5.75 Å². The number of hydrogen-bond acceptors (Lipinski definition) is 7. The summed E-state index contributed by atoms with van der Waals surface area (Å²) in [5.74, 6) is -1.10. The Labute approximate surface area is 182 Å². The monoisotopic (exact) mass is 452 g/mol. The van der Waals surface area contributed by atoms with Crippen molar-refractivity contribution in [3.05, 3.63) is 64.1 Å². The standard InChI is InChI=1S/C21H18Cl2O7/c22-13-6-7-15(14(23)8-13)25-11-18(24)28-19-9-16-21(29-16)17(27-19)10-26-20(30-21)12-4-2-1-3-5-12/h1-8,16-17,19-20H,9-11H2. The Kier molecular flexibility index (Phi) is 5.35. The largest absolute Gasteiger partial charge is 0.480 e. The van der Waals surface area contributed by atoms with Gasteiger partial charge in [-0.15, -0.1) is 0 Å². The minimum absolute atomic E-state index is 0.226. The van der Waals surface area contributed by atoms with Crippen LogP contribution in [0.5, 0.6) is 5.75 Å². The van der Waals surface area contributed by atoms with E-state index in [1.807, 2.05) is 30.3 Å². The van der Waals surface area contributed by atoms with Crippen molar-refractivity contribution in [1.29, 1.82) is 0 Å². The molecule has 5 unspecified atom stereocenters. The second-order valence-corrected chi connectivity index (χ2v) is 8.01. The van der Waals surface area contributed by atoms with E-state index in [1.54, 1.807) is 12.1 Å². The van der Waals surface area contributed by atoms with Crippen LogP contribution in [0.3, 0.4) is 0 Å². The summed E-state index contributed by atoms with van der Waals surface area (Å²) in [4.78, 5) is 12.2. The van der Waals surface area contributed by atoms with Gasteiger partial charge in [0.05, 0.1) is 11.6 Å². The lowest BCUT2D eigenvalue weighted by atomic mass is 10.0. The van der Waals surface area contributed by atoms with Crippen molar-refractivity contribution >= 4 is 29.2 Å². The number of ether oxygens (including phenoxy) is 6. The van der Waals surface area contributed by atoms with E-state index in [1.165, 1.54) is 6.07 Å². The molecule has 2 aromatic rings. The van der Waals surface area contributed by atoms with Crippen LogP contribution in [0.4, 0.5) is 0 Å². The second kappa shape index (κ2) is 8.00. The van der Waals surface area contributed by atoms with Crippen LogP contribution in [0.2, 0.25) is 10.0 Å². The maximum absolute atomic E-state index is 12.2. The molecular weight excluding hydrogens is 435 g/mol. The van der Waals surface area contributed by atoms with Gasteiger partial charge in [-0.2, -0.15) is 0 Å². The molecule has 3 saturated heterocycles. The topological polar surface area (TPSA) is 75.8 Å². The molecule has 1 spiro atoms. The summed E-state index contributed by atoms with van der Waals surface area (Å²) in [5, 5.41) is 0.787. The van der Waals surface area contributed by atoms with Gasteiger partial charge in [0, 0.05) is 17.0 Å². The van der Waals surface area contributed by atoms with Gasteiger partial charge in [0.15, 0.2) is 12.9 Å². The SMILES string of the molecule is O=C(COc1ccc(Cl)cc1Cl)OC1CC2OC23OC(c2ccccc2)OCC3O1. The zero-order valence-corrected chi connectivity index (χ0v) is 17.2. The van der Waals surface area contributed by atoms with Crippen LogP contribution in [0, 0.1) is 0 Å². The van der Waals surface area contributed by atoms with Crippen molar-refractivity contribution in [1.82, 2.24) is 0 Å². The molecule has 0 N–H and O–H groups in total. The molecule has 30 heavy (non-hydrogen) atoms. The molecule has 0 radical (unpaired) electrons. The van der Waals surface area contributed by atoms with Gasteiger partial charge in [-0.1, -0.05) is 53.5 Å². The summed E-state index contributed by atoms with van der Waals surface area (Å²) in [6.45, 7) is -0.0490. The molecule has 7 nitrogen and oxygen atoms in total. The fourth-order valence-corrected chi connectivity index (χ4v) is 4.13. The third-order valence-electron chi connectivity index (χ3n) is 5.15. The highest BCUT2D eigenvalue weighted by Crippen LogP contribution is 2.53. The molecule has 5 rings (SSSR count). The summed E-state index contributed by atoms with van der Waals surface area (Å²) in [7, 11) is 0. The lowest BCUT2D eigenvalue weighted by molar-refractivity contribution is -0.332. The highest BCUT2D eigenvalue weighted by atomic mass is 35.5. The smallest absolute Gasteiger partial charge is 0.346 e. The Bertz CT molecular complexity index is 940. The first-order valence-electron chi connectivity index (χ1n) is 9.48. The molecule has 0 aliphatic carbocycles. The lowest BCUT2D eigenvalue weighted by Gasteiger charge is -2.39. The Morgan fingerprint density at radius 2 is 1.93 bits per heavy atom. The van der Waals surface area contributed by atoms with E-state index in [9.17, 15) is 4.79 Å². The normalized spacial score (nSPS) is 31.9. The number of epoxide rings is 1. The van der Waals surface area contributed by atoms with E-state index in [2.05, 4.69) is 0 Å². The zero-order chi connectivity index (χ0) is 20.7. The van der Waals surface area contributed by atoms with Crippen molar-refractivity contribution in [3.63, 3.8) is 0 Å². The molecule has 5 atom stereocenters. The van der Waals surface area contributed by atoms with Crippen LogP contribution in [-0.4, -0.2) is 43.5 Å². The quantitative estimate of drug-likeness (QED) is 0.503. The van der Waals surface area contributed by atoms with Crippen molar-refractivity contribution in [2.45, 2.75) is 37.0 Å². The Morgan fingerprint density at radius 3 is 2.73 bits per heavy atom. The molecule has 158 valence electrons. The van der Waals surface area contributed by atoms with Crippen molar-refractivity contribution in [2.24, 2.45) is 0 Å². The first-order valence-corrected chi connectivity index (χ1v) is 10.2. The first-order chi connectivity index (χ1) is 14.5. The Hall–Kier alpha value is -1.87. The molecule has 0 aromatic heterocycles. The molecule has 3 aliphatic rings. The summed E-state index contributed by atoms with van der Waals surface area (Å²) in [5.41, 5.74) is 0.908. The Morgan fingerprint density at radius 1 is 1.10 bits per heavy atom. The average molecular weight is 453 g/mol. The third kappa shape index (κ3) is 3.89. The molecule has 2 aromatic carbocycles. The van der Waals surface area contributed by atoms with E-state index in [0.29, 0.717) is 22.2 Å². The zero-order valence-electron chi connectivity index (χ0n) is 15.7. The van der Waals surface area contributed by atoms with Crippen LogP contribution in [0.1, 0.15) is 18.3 Å². The third-order valence-corrected chi connectivity index (χ3v) is 5.68. The van der Waals surface area contributed by atoms with Gasteiger partial charge in [0.25, 0.3) is 0 Å². The van der Waals surface area contributed by atoms with Crippen LogP contribution >= 0.6 is 23.2 Å². The van der Waals surface area contributed by atoms with Gasteiger partial charge < -0.3 is 28.4 Å². The van der Waals surface area contributed by atoms with Crippen LogP contribution in [-0.2, 0) is 28.5 Å². The number of halogens is 2. The van der Waals surface area contributed by atoms with Crippen LogP contribution < -0.4 is 4.74 Å². The summed E-state index contributed by atoms with van der Waals surface area (Å²) in [6, 6.07) is 14.4. The fourth-order valence-electron chi connectivity index (χ4n) is 3.66. The van der Waals surface area contributed by atoms with Gasteiger partial charge in [-0.25, -0.2) is 4.79 Å². The lowest BCUT2D eigenvalue weighted by Crippen LogP contribution is -2.52. The van der Waals surface area contributed by atoms with Crippen molar-refractivity contribution < 1.29 is 33.2 Å². The molecule has 9 heteroatoms. The van der Waals surface area contributed by atoms with E-state index >= 15 is 0 Å². The number of carbonyl (C=O) groups excluding carboxylic acids is 1. The Balaban J connectivity index is 1.15. The van der Waals surface area contributed by atoms with Crippen molar-refractivity contribution in [2.75, 3.05) is 13.2 Å². The summed E-state index contributed by atoms with van der Waals surface area (Å²) < 4.78 is 34.3. The van der Waals surface area contributed by atoms with E-state index in [4.69, 9.17) is 51.6 Å². The van der Waals surface area contributed by atoms with Gasteiger partial charge in [-0.3, -0.25) is 0 Å². The predicted octanol–water partition coefficient (Wildman–Crippen LogP) is 3.87. The molecule has 3 aliphatic heterocycles. The molecule has 0 bridgehead atoms. The number of hydrogen-bond donors (Lipinski definition) is 0. The van der Waals surface area contributed by atoms with E-state index in [0.717, 1.165) is 5.56 Å². The molecule has 0 saturated carbocycles. The van der Waals surface area contributed by atoms with E-state index < -0.39 is 30.4 Å². The first kappa shape index (κ1) is 20.1. The molecule has 3 fully saturated rings. The van der Waals surface area contributed by atoms with Gasteiger partial charge in [-0.05, 0) is 18.2 Å². The van der Waals surface area contributed by atoms with Crippen LogP contribution in [0.25, 0.3) is 0 Å². The average Bonchev–Trinajstić information content (AvgIpc) is 3.44. The highest BCUT2D eigenvalue weighted by molar-refractivity contribution is 6.35. The van der Waals surface area contributed by atoms with Gasteiger partial charge in [0.2, 0.25) is 12.1 Å². The maximum Gasteiger partial charge on any atom is 0.346 e. The number of esters is 1. The summed E-state index contributed by atoms with van der Waals surface area (Å²) in [6.07, 6.45) is -1.64. The van der Waals surface area contributed by atoms with Gasteiger partial charge in [0.1, 0.15) is 18.0 Å². The second-order valence-electron chi connectivity index (χ2n) is 7.16. The number of benzene rings is 2. The molecular formula is C21H18Cl2O7. The predicted molar refractivity (Wildman–Crippen MR) is 105 cm³/mol. The maximum atomic E-state index is 12.2.